The van der Waals surface area contributed by atoms with Crippen molar-refractivity contribution in [3.8, 4) is 0 Å². The van der Waals surface area contributed by atoms with Crippen molar-refractivity contribution >= 4 is 28.8 Å². The maximum Gasteiger partial charge on any atom is 0.272 e. The molecule has 10 heteroatoms. The topological polar surface area (TPSA) is 106 Å². The van der Waals surface area contributed by atoms with E-state index in [9.17, 15) is 22.7 Å². The molecule has 8 nitrogen and oxygen atoms in total. The van der Waals surface area contributed by atoms with Gasteiger partial charge in [-0.3, -0.25) is 18.8 Å². The van der Waals surface area contributed by atoms with Gasteiger partial charge in [-0.1, -0.05) is 0 Å². The van der Waals surface area contributed by atoms with Crippen molar-refractivity contribution < 1.29 is 22.7 Å². The van der Waals surface area contributed by atoms with Crippen LogP contribution in [0.5, 0.6) is 0 Å². The highest BCUT2D eigenvalue weighted by molar-refractivity contribution is 7.80. The number of hydrogen-bond acceptors (Lipinski definition) is 5. The minimum Gasteiger partial charge on any atom is -0.755 e. The number of aryl methyl sites for hydroxylation is 1. The Morgan fingerprint density at radius 1 is 1.11 bits per heavy atom. The molecule has 1 aromatic carbocycles. The standard InChI is InChI=1S/C18H19FN4O4S/c1-12-10-13(2-3-15(12)21-28(26)27)17(24)22-6-8-23(9-7-22)18(25)16-11-14(19)4-5-20-16/h2-5,10-11,21H,6-9H2,1H3,(H,26,27)/p-1. The zero-order chi connectivity index (χ0) is 20.3. The molecule has 3 rings (SSSR count). The van der Waals surface area contributed by atoms with E-state index in [1.54, 1.807) is 24.0 Å². The van der Waals surface area contributed by atoms with Crippen molar-refractivity contribution in [1.82, 2.24) is 14.8 Å². The number of pyridine rings is 1. The molecule has 1 aliphatic heterocycles. The van der Waals surface area contributed by atoms with E-state index >= 15 is 0 Å². The Balaban J connectivity index is 1.63. The van der Waals surface area contributed by atoms with Crippen LogP contribution in [0.2, 0.25) is 0 Å². The van der Waals surface area contributed by atoms with E-state index in [4.69, 9.17) is 0 Å². The van der Waals surface area contributed by atoms with Gasteiger partial charge in [-0.25, -0.2) is 4.39 Å². The number of carbonyl (C=O) groups excluding carboxylic acids is 2. The lowest BCUT2D eigenvalue weighted by molar-refractivity contribution is 0.0532. The van der Waals surface area contributed by atoms with Crippen molar-refractivity contribution in [1.29, 1.82) is 0 Å². The maximum atomic E-state index is 13.3. The van der Waals surface area contributed by atoms with E-state index in [0.717, 1.165) is 6.07 Å². The molecule has 148 valence electrons. The van der Waals surface area contributed by atoms with Crippen LogP contribution in [0, 0.1) is 12.7 Å². The van der Waals surface area contributed by atoms with E-state index in [1.165, 1.54) is 23.2 Å². The van der Waals surface area contributed by atoms with E-state index < -0.39 is 17.1 Å². The molecule has 28 heavy (non-hydrogen) atoms. The first-order valence-electron chi connectivity index (χ1n) is 8.52. The molecule has 2 heterocycles. The molecule has 2 aromatic rings. The van der Waals surface area contributed by atoms with Crippen LogP contribution >= 0.6 is 0 Å². The van der Waals surface area contributed by atoms with Crippen LogP contribution in [0.3, 0.4) is 0 Å². The number of nitrogens with one attached hydrogen (secondary N) is 1. The third-order valence-electron chi connectivity index (χ3n) is 4.46. The summed E-state index contributed by atoms with van der Waals surface area (Å²) in [7, 11) is 0. The summed E-state index contributed by atoms with van der Waals surface area (Å²) >= 11 is -2.44. The molecule has 0 aliphatic carbocycles. The maximum absolute atomic E-state index is 13.3. The summed E-state index contributed by atoms with van der Waals surface area (Å²) in [6, 6.07) is 6.97. The minimum atomic E-state index is -2.44. The summed E-state index contributed by atoms with van der Waals surface area (Å²) in [6.45, 7) is 3.01. The average Bonchev–Trinajstić information content (AvgIpc) is 2.68. The van der Waals surface area contributed by atoms with Crippen molar-refractivity contribution in [2.75, 3.05) is 30.9 Å². The third-order valence-corrected chi connectivity index (χ3v) is 4.85. The molecule has 0 saturated carbocycles. The highest BCUT2D eigenvalue weighted by Crippen LogP contribution is 2.19. The van der Waals surface area contributed by atoms with Gasteiger partial charge in [0, 0.05) is 61.0 Å². The second kappa shape index (κ2) is 8.44. The monoisotopic (exact) mass is 405 g/mol. The van der Waals surface area contributed by atoms with Crippen LogP contribution in [0.4, 0.5) is 10.1 Å². The third kappa shape index (κ3) is 4.52. The fraction of sp³-hybridized carbons (Fsp3) is 0.278. The van der Waals surface area contributed by atoms with Gasteiger partial charge in [0.05, 0.1) is 0 Å². The lowest BCUT2D eigenvalue weighted by atomic mass is 10.1. The summed E-state index contributed by atoms with van der Waals surface area (Å²) in [5, 5.41) is 0. The highest BCUT2D eigenvalue weighted by Gasteiger charge is 2.26. The van der Waals surface area contributed by atoms with E-state index in [1.807, 2.05) is 0 Å². The first-order valence-corrected chi connectivity index (χ1v) is 9.59. The molecular weight excluding hydrogens is 387 g/mol. The smallest absolute Gasteiger partial charge is 0.272 e. The first kappa shape index (κ1) is 19.9. The van der Waals surface area contributed by atoms with Gasteiger partial charge < -0.3 is 19.1 Å². The summed E-state index contributed by atoms with van der Waals surface area (Å²) in [4.78, 5) is 32.1. The average molecular weight is 405 g/mol. The molecule has 0 radical (unpaired) electrons. The van der Waals surface area contributed by atoms with Gasteiger partial charge in [0.1, 0.15) is 11.5 Å². The van der Waals surface area contributed by atoms with Gasteiger partial charge in [-0.2, -0.15) is 0 Å². The number of hydrogen-bond donors (Lipinski definition) is 1. The first-order chi connectivity index (χ1) is 13.3. The normalized spacial score (nSPS) is 15.2. The second-order valence-electron chi connectivity index (χ2n) is 6.31. The highest BCUT2D eigenvalue weighted by atomic mass is 32.2. The van der Waals surface area contributed by atoms with Crippen LogP contribution in [0.1, 0.15) is 26.4 Å². The van der Waals surface area contributed by atoms with Gasteiger partial charge in [-0.05, 0) is 36.8 Å². The summed E-state index contributed by atoms with van der Waals surface area (Å²) in [6.07, 6.45) is 1.24. The van der Waals surface area contributed by atoms with Crippen molar-refractivity contribution in [3.63, 3.8) is 0 Å². The van der Waals surface area contributed by atoms with Crippen LogP contribution < -0.4 is 4.72 Å². The number of piperazine rings is 1. The van der Waals surface area contributed by atoms with Crippen LogP contribution in [-0.4, -0.2) is 61.5 Å². The molecule has 0 bridgehead atoms. The number of rotatable bonds is 4. The summed E-state index contributed by atoms with van der Waals surface area (Å²) in [5.41, 5.74) is 1.50. The Labute approximate surface area is 163 Å². The van der Waals surface area contributed by atoms with Crippen molar-refractivity contribution in [2.45, 2.75) is 6.92 Å². The molecule has 1 unspecified atom stereocenters. The number of carbonyl (C=O) groups is 2. The van der Waals surface area contributed by atoms with E-state index in [2.05, 4.69) is 9.71 Å². The zero-order valence-corrected chi connectivity index (χ0v) is 15.9. The Kier molecular flexibility index (Phi) is 6.00. The molecule has 1 saturated heterocycles. The van der Waals surface area contributed by atoms with Crippen LogP contribution in [0.15, 0.2) is 36.5 Å². The molecule has 2 amide bonds. The number of anilines is 1. The number of benzene rings is 1. The predicted molar refractivity (Wildman–Crippen MR) is 99.7 cm³/mol. The van der Waals surface area contributed by atoms with Gasteiger partial charge in [0.2, 0.25) is 0 Å². The van der Waals surface area contributed by atoms with Crippen molar-refractivity contribution in [3.05, 3.63) is 59.2 Å². The minimum absolute atomic E-state index is 0.0363. The van der Waals surface area contributed by atoms with E-state index in [0.29, 0.717) is 43.0 Å². The van der Waals surface area contributed by atoms with Crippen molar-refractivity contribution in [2.24, 2.45) is 0 Å². The Bertz CT molecular complexity index is 932. The fourth-order valence-electron chi connectivity index (χ4n) is 2.98. The van der Waals surface area contributed by atoms with Gasteiger partial charge >= 0.3 is 0 Å². The lowest BCUT2D eigenvalue weighted by Gasteiger charge is -2.34. The van der Waals surface area contributed by atoms with Gasteiger partial charge in [-0.15, -0.1) is 0 Å². The quantitative estimate of drug-likeness (QED) is 0.773. The SMILES string of the molecule is Cc1cc(C(=O)N2CCN(C(=O)c3cc(F)ccn3)CC2)ccc1NS(=O)[O-]. The number of aromatic nitrogens is 1. The number of halogens is 1. The molecule has 1 aliphatic rings. The van der Waals surface area contributed by atoms with Crippen LogP contribution in [-0.2, 0) is 11.3 Å². The second-order valence-corrected chi connectivity index (χ2v) is 6.98. The largest absolute Gasteiger partial charge is 0.755 e. The Hall–Kier alpha value is -2.85. The summed E-state index contributed by atoms with van der Waals surface area (Å²) in [5.74, 6) is -1.10. The molecule has 1 aromatic heterocycles. The molecule has 1 N–H and O–H groups in total. The summed E-state index contributed by atoms with van der Waals surface area (Å²) < 4.78 is 37.1. The molecular formula is C18H18FN4O4S-. The van der Waals surface area contributed by atoms with Gasteiger partial charge in [0.25, 0.3) is 11.8 Å². The number of nitrogens with zero attached hydrogens (tertiary/aromatic N) is 3. The Morgan fingerprint density at radius 2 is 1.75 bits per heavy atom. The van der Waals surface area contributed by atoms with Crippen LogP contribution in [0.25, 0.3) is 0 Å². The lowest BCUT2D eigenvalue weighted by Crippen LogP contribution is -2.50. The van der Waals surface area contributed by atoms with Gasteiger partial charge in [0.15, 0.2) is 0 Å². The predicted octanol–water partition coefficient (Wildman–Crippen LogP) is 1.33. The number of amides is 2. The Morgan fingerprint density at radius 3 is 2.32 bits per heavy atom. The molecule has 0 spiro atoms. The van der Waals surface area contributed by atoms with E-state index in [-0.39, 0.29) is 17.5 Å². The zero-order valence-electron chi connectivity index (χ0n) is 15.1. The molecule has 1 fully saturated rings. The fourth-order valence-corrected chi connectivity index (χ4v) is 3.39. The molecule has 1 atom stereocenters.